The summed E-state index contributed by atoms with van der Waals surface area (Å²) < 4.78 is 0. The zero-order valence-corrected chi connectivity index (χ0v) is 23.5. The second kappa shape index (κ2) is 18.3. The molecule has 0 aromatic heterocycles. The Morgan fingerprint density at radius 2 is 0.778 bits per heavy atom. The SMILES string of the molecule is O=C(O)CN1CCN(CCN(CC(=O)O)CC(=O)O)CCN(CC(=O)O)CCN(CC(=O)O)CC1.[205Bi+3]. The van der Waals surface area contributed by atoms with Crippen LogP contribution in [0.1, 0.15) is 0 Å². The predicted molar refractivity (Wildman–Crippen MR) is 126 cm³/mol. The molecule has 202 valence electrons. The van der Waals surface area contributed by atoms with Crippen molar-refractivity contribution in [2.75, 3.05) is 98.2 Å². The Morgan fingerprint density at radius 3 is 1.03 bits per heavy atom. The smallest absolute Gasteiger partial charge is 0.480 e. The Labute approximate surface area is 227 Å². The van der Waals surface area contributed by atoms with E-state index in [1.54, 1.807) is 14.7 Å². The number of carboxylic acids is 5. The minimum Gasteiger partial charge on any atom is -0.480 e. The van der Waals surface area contributed by atoms with Crippen molar-refractivity contribution in [1.29, 1.82) is 0 Å². The number of nitrogens with zero attached hydrogens (tertiary/aromatic N) is 5. The van der Waals surface area contributed by atoms with Gasteiger partial charge in [0.2, 0.25) is 0 Å². The van der Waals surface area contributed by atoms with Gasteiger partial charge in [-0.3, -0.25) is 48.5 Å². The summed E-state index contributed by atoms with van der Waals surface area (Å²) in [6.07, 6.45) is 0. The Hall–Kier alpha value is -1.97. The Bertz CT molecular complexity index is 696. The Morgan fingerprint density at radius 1 is 0.500 bits per heavy atom. The van der Waals surface area contributed by atoms with Crippen LogP contribution in [0.25, 0.3) is 0 Å². The molecule has 15 nitrogen and oxygen atoms in total. The molecule has 0 bridgehead atoms. The van der Waals surface area contributed by atoms with Crippen LogP contribution in [0.5, 0.6) is 0 Å². The Kier molecular flexibility index (Phi) is 17.3. The van der Waals surface area contributed by atoms with Crippen LogP contribution >= 0.6 is 0 Å². The number of hydrogen-bond acceptors (Lipinski definition) is 10. The van der Waals surface area contributed by atoms with Crippen molar-refractivity contribution in [2.45, 2.75) is 0 Å². The summed E-state index contributed by atoms with van der Waals surface area (Å²) in [7, 11) is 0. The first kappa shape index (κ1) is 34.0. The maximum absolute atomic E-state index is 11.3. The topological polar surface area (TPSA) is 203 Å². The van der Waals surface area contributed by atoms with Gasteiger partial charge in [0, 0.05) is 65.4 Å². The van der Waals surface area contributed by atoms with Crippen molar-refractivity contribution in [1.82, 2.24) is 24.5 Å². The molecular weight excluding hydrogens is 675 g/mol. The number of aliphatic carboxylic acids is 5. The Balaban J connectivity index is 0.0000122. The van der Waals surface area contributed by atoms with Gasteiger partial charge in [-0.05, 0) is 0 Å². The summed E-state index contributed by atoms with van der Waals surface area (Å²) in [5, 5.41) is 45.8. The zero-order valence-electron chi connectivity index (χ0n) is 20.1. The van der Waals surface area contributed by atoms with E-state index in [1.807, 2.05) is 4.90 Å². The van der Waals surface area contributed by atoms with E-state index in [-0.39, 0.29) is 78.6 Å². The fourth-order valence-corrected chi connectivity index (χ4v) is 3.73. The summed E-state index contributed by atoms with van der Waals surface area (Å²) in [5.74, 6) is -5.42. The van der Waals surface area contributed by atoms with Crippen molar-refractivity contribution in [3.63, 3.8) is 0 Å². The minimum atomic E-state index is -1.16. The molecule has 2 radical (unpaired) electrons. The molecule has 1 heterocycles. The average Bonchev–Trinajstić information content (AvgIpc) is 2.71. The van der Waals surface area contributed by atoms with Gasteiger partial charge in [0.05, 0.1) is 32.7 Å². The maximum atomic E-state index is 11.3. The van der Waals surface area contributed by atoms with Crippen molar-refractivity contribution in [2.24, 2.45) is 0 Å². The molecule has 0 amide bonds. The van der Waals surface area contributed by atoms with E-state index in [2.05, 4.69) is 0 Å². The number of hydrogen-bond donors (Lipinski definition) is 5. The van der Waals surface area contributed by atoms with Crippen molar-refractivity contribution < 1.29 is 49.5 Å². The first-order valence-electron chi connectivity index (χ1n) is 11.1. The van der Waals surface area contributed by atoms with Gasteiger partial charge in [-0.25, -0.2) is 0 Å². The standard InChI is InChI=1S/C20H35N5O10.Bi/c26-16(27)11-22-4-1-21(3-10-25(14-19(32)33)15-20(34)35)2-5-23(12-17(28)29)7-9-24(8-6-22)13-18(30)31;/h1-15H2,(H,26,27)(H,28,29)(H,30,31)(H,32,33)(H,34,35);/q;+3/i;1-4. The largest absolute Gasteiger partial charge is 3.00 e. The molecule has 0 aliphatic carbocycles. The van der Waals surface area contributed by atoms with Crippen molar-refractivity contribution >= 4 is 56.0 Å². The molecule has 1 aliphatic heterocycles. The first-order chi connectivity index (χ1) is 16.4. The van der Waals surface area contributed by atoms with E-state index in [1.165, 1.54) is 4.90 Å². The van der Waals surface area contributed by atoms with Crippen LogP contribution in [0.15, 0.2) is 0 Å². The molecule has 0 aromatic carbocycles. The van der Waals surface area contributed by atoms with Gasteiger partial charge in [0.25, 0.3) is 0 Å². The van der Waals surface area contributed by atoms with Gasteiger partial charge in [0.15, 0.2) is 0 Å². The van der Waals surface area contributed by atoms with Gasteiger partial charge in [0.1, 0.15) is 0 Å². The van der Waals surface area contributed by atoms with Gasteiger partial charge >= 0.3 is 56.0 Å². The molecule has 0 unspecified atom stereocenters. The molecule has 5 N–H and O–H groups in total. The molecule has 0 spiro atoms. The van der Waals surface area contributed by atoms with Crippen molar-refractivity contribution in [3.8, 4) is 0 Å². The minimum absolute atomic E-state index is 0. The van der Waals surface area contributed by atoms with Gasteiger partial charge in [-0.2, -0.15) is 0 Å². The van der Waals surface area contributed by atoms with E-state index in [4.69, 9.17) is 10.2 Å². The van der Waals surface area contributed by atoms with E-state index >= 15 is 0 Å². The van der Waals surface area contributed by atoms with Crippen LogP contribution in [0.3, 0.4) is 0 Å². The molecular formula is C20H35BiN5O10+3. The number of carbonyl (C=O) groups is 5. The van der Waals surface area contributed by atoms with Gasteiger partial charge < -0.3 is 25.5 Å². The predicted octanol–water partition coefficient (Wildman–Crippen LogP) is -3.45. The van der Waals surface area contributed by atoms with Gasteiger partial charge in [-0.15, -0.1) is 0 Å². The monoisotopic (exact) mass is 710 g/mol. The van der Waals surface area contributed by atoms with Crippen LogP contribution < -0.4 is 0 Å². The third-order valence-electron chi connectivity index (χ3n) is 5.46. The maximum Gasteiger partial charge on any atom is 3.00 e. The molecule has 16 heteroatoms. The fourth-order valence-electron chi connectivity index (χ4n) is 3.73. The fraction of sp³-hybridized carbons (Fsp3) is 0.750. The molecule has 36 heavy (non-hydrogen) atoms. The van der Waals surface area contributed by atoms with Crippen LogP contribution in [-0.4, -0.2) is 204 Å². The van der Waals surface area contributed by atoms with E-state index < -0.39 is 42.9 Å². The van der Waals surface area contributed by atoms with Crippen molar-refractivity contribution in [3.05, 3.63) is 0 Å². The van der Waals surface area contributed by atoms with Crippen LogP contribution in [0.4, 0.5) is 0 Å². The van der Waals surface area contributed by atoms with E-state index in [0.717, 1.165) is 0 Å². The second-order valence-electron chi connectivity index (χ2n) is 8.35. The molecule has 1 rings (SSSR count). The summed E-state index contributed by atoms with van der Waals surface area (Å²) >= 11 is 0. The molecule has 1 fully saturated rings. The summed E-state index contributed by atoms with van der Waals surface area (Å²) in [6.45, 7) is 1.34. The third-order valence-corrected chi connectivity index (χ3v) is 5.46. The van der Waals surface area contributed by atoms with Crippen LogP contribution in [0.2, 0.25) is 0 Å². The summed E-state index contributed by atoms with van der Waals surface area (Å²) in [6, 6.07) is 0. The van der Waals surface area contributed by atoms with Crippen LogP contribution in [-0.2, 0) is 24.0 Å². The molecule has 1 aliphatic rings. The molecule has 0 aromatic rings. The summed E-state index contributed by atoms with van der Waals surface area (Å²) in [4.78, 5) is 64.1. The third kappa shape index (κ3) is 16.7. The number of carboxylic acid groups (broad SMARTS) is 5. The van der Waals surface area contributed by atoms with Crippen LogP contribution in [0, 0.1) is 0 Å². The summed E-state index contributed by atoms with van der Waals surface area (Å²) in [5.41, 5.74) is 0. The van der Waals surface area contributed by atoms with E-state index in [0.29, 0.717) is 32.7 Å². The molecule has 1 saturated heterocycles. The average molecular weight is 711 g/mol. The quantitative estimate of drug-likeness (QED) is 0.118. The normalized spacial score (nSPS) is 17.5. The molecule has 0 atom stereocenters. The second-order valence-corrected chi connectivity index (χ2v) is 8.35. The first-order valence-corrected chi connectivity index (χ1v) is 11.1. The van der Waals surface area contributed by atoms with Gasteiger partial charge in [-0.1, -0.05) is 0 Å². The van der Waals surface area contributed by atoms with E-state index in [9.17, 15) is 39.3 Å². The zero-order chi connectivity index (χ0) is 26.4. The molecule has 0 saturated carbocycles. The number of rotatable bonds is 13.